The van der Waals surface area contributed by atoms with Crippen LogP contribution in [0, 0.1) is 23.1 Å². The molecule has 0 saturated heterocycles. The molecule has 0 N–H and O–H groups in total. The highest BCUT2D eigenvalue weighted by Crippen LogP contribution is 2.70. The predicted molar refractivity (Wildman–Crippen MR) is 156 cm³/mol. The number of anilines is 1. The van der Waals surface area contributed by atoms with E-state index in [4.69, 9.17) is 9.51 Å². The van der Waals surface area contributed by atoms with E-state index in [2.05, 4.69) is 10.1 Å². The molecule has 4 bridgehead atoms. The number of carbonyl (C=O) groups excluding carboxylic acids is 1. The maximum atomic E-state index is 14.8. The van der Waals surface area contributed by atoms with Crippen LogP contribution >= 0.6 is 0 Å². The van der Waals surface area contributed by atoms with Crippen LogP contribution in [0.3, 0.4) is 0 Å². The van der Waals surface area contributed by atoms with E-state index in [1.54, 1.807) is 16.8 Å². The summed E-state index contributed by atoms with van der Waals surface area (Å²) >= 11 is 0. The van der Waals surface area contributed by atoms with Crippen molar-refractivity contribution in [2.75, 3.05) is 11.4 Å². The van der Waals surface area contributed by atoms with Gasteiger partial charge in [0.05, 0.1) is 5.41 Å². The van der Waals surface area contributed by atoms with Crippen LogP contribution in [0.5, 0.6) is 0 Å². The molecule has 3 heterocycles. The van der Waals surface area contributed by atoms with Crippen LogP contribution in [0.2, 0.25) is 0 Å². The summed E-state index contributed by atoms with van der Waals surface area (Å²) in [5, 5.41) is 4.33. The van der Waals surface area contributed by atoms with Gasteiger partial charge in [0.2, 0.25) is 11.8 Å². The molecule has 7 nitrogen and oxygen atoms in total. The number of rotatable bonds is 7. The third kappa shape index (κ3) is 4.02. The zero-order valence-electron chi connectivity index (χ0n) is 24.1. The summed E-state index contributed by atoms with van der Waals surface area (Å²) in [5.74, 6) is 2.60. The van der Waals surface area contributed by atoms with Gasteiger partial charge in [-0.15, -0.1) is 0 Å². The first-order chi connectivity index (χ1) is 20.8. The Hall–Kier alpha value is -3.62. The second-order valence-electron chi connectivity index (χ2n) is 14.3. The molecular weight excluding hydrogens is 548 g/mol. The Morgan fingerprint density at radius 3 is 2.77 bits per heavy atom. The zero-order valence-corrected chi connectivity index (χ0v) is 24.1. The number of carbonyl (C=O) groups is 1. The number of amides is 1. The minimum absolute atomic E-state index is 0.0408. The Labute approximate surface area is 248 Å². The van der Waals surface area contributed by atoms with Gasteiger partial charge < -0.3 is 13.8 Å². The quantitative estimate of drug-likeness (QED) is 0.231. The summed E-state index contributed by atoms with van der Waals surface area (Å²) in [7, 11) is 0. The van der Waals surface area contributed by atoms with Gasteiger partial charge in [-0.05, 0) is 93.4 Å². The first-order valence-corrected chi connectivity index (χ1v) is 15.9. The average Bonchev–Trinajstić information content (AvgIpc) is 3.49. The van der Waals surface area contributed by atoms with Crippen molar-refractivity contribution in [2.45, 2.75) is 87.6 Å². The molecule has 0 radical (unpaired) electrons. The minimum Gasteiger partial charge on any atom is -0.339 e. The molecule has 0 aliphatic heterocycles. The minimum atomic E-state index is -1.15. The highest BCUT2D eigenvalue weighted by atomic mass is 19.1. The number of aromatic nitrogens is 4. The normalized spacial score (nSPS) is 32.7. The molecule has 3 aromatic heterocycles. The highest BCUT2D eigenvalue weighted by molar-refractivity contribution is 6.00. The molecule has 6 aliphatic rings. The monoisotopic (exact) mass is 583 g/mol. The Morgan fingerprint density at radius 1 is 1.09 bits per heavy atom. The predicted octanol–water partition coefficient (Wildman–Crippen LogP) is 7.16. The van der Waals surface area contributed by atoms with Crippen molar-refractivity contribution in [3.63, 3.8) is 0 Å². The molecule has 6 fully saturated rings. The topological polar surface area (TPSA) is 76.5 Å². The fraction of sp³-hybridized carbons (Fsp3) is 0.529. The van der Waals surface area contributed by atoms with Crippen molar-refractivity contribution in [1.82, 2.24) is 19.5 Å². The van der Waals surface area contributed by atoms with Crippen LogP contribution in [0.15, 0.2) is 53.4 Å². The van der Waals surface area contributed by atoms with E-state index in [9.17, 15) is 13.6 Å². The molecule has 0 spiro atoms. The van der Waals surface area contributed by atoms with Crippen LogP contribution < -0.4 is 4.90 Å². The summed E-state index contributed by atoms with van der Waals surface area (Å²) in [6.07, 6.45) is 14.7. The van der Waals surface area contributed by atoms with Gasteiger partial charge in [0.25, 0.3) is 0 Å². The van der Waals surface area contributed by atoms with Gasteiger partial charge in [-0.3, -0.25) is 4.79 Å². The van der Waals surface area contributed by atoms with Crippen molar-refractivity contribution in [3.8, 4) is 11.1 Å². The van der Waals surface area contributed by atoms with Crippen molar-refractivity contribution in [2.24, 2.45) is 17.3 Å². The lowest BCUT2D eigenvalue weighted by Crippen LogP contribution is -2.70. The third-order valence-electron chi connectivity index (χ3n) is 11.4. The van der Waals surface area contributed by atoms with Gasteiger partial charge in [-0.1, -0.05) is 30.1 Å². The molecule has 43 heavy (non-hydrogen) atoms. The molecule has 4 aromatic rings. The van der Waals surface area contributed by atoms with Crippen molar-refractivity contribution in [1.29, 1.82) is 0 Å². The third-order valence-corrected chi connectivity index (χ3v) is 11.4. The summed E-state index contributed by atoms with van der Waals surface area (Å²) in [4.78, 5) is 25.1. The molecular formula is C34H35F2N5O2. The molecule has 10 rings (SSSR count). The highest BCUT2D eigenvalue weighted by Gasteiger charge is 2.73. The standard InChI is InChI=1S/C34H35F2N5O2/c35-27-14-25(16-40-12-11-37-29(27)40)22-3-1-5-26(13-22)41(31(42)33-18-34(36,19-33)20-33)17-24-8-10-32(9-2-4-23(24)15-32)30-38-28(39-43-30)21-6-7-21/h1,3,5,11-14,16,21,23-24H,2,4,6-10,15,17-20H2. The van der Waals surface area contributed by atoms with Crippen LogP contribution in [0.4, 0.5) is 14.5 Å². The number of benzene rings is 1. The SMILES string of the molecule is O=C(N(CC1CCC2(c3nc(C4CC4)no3)CCCC1C2)c1cccc(-c2cc(F)c3nccn3c2)c1)C12CC(F)(C1)C2. The lowest BCUT2D eigenvalue weighted by atomic mass is 9.42. The van der Waals surface area contributed by atoms with Crippen LogP contribution in [-0.4, -0.2) is 37.6 Å². The summed E-state index contributed by atoms with van der Waals surface area (Å²) in [6, 6.07) is 9.32. The van der Waals surface area contributed by atoms with E-state index in [1.165, 1.54) is 6.07 Å². The number of alkyl halides is 1. The number of fused-ring (bicyclic) bond motifs is 3. The Balaban J connectivity index is 1.02. The average molecular weight is 584 g/mol. The lowest BCUT2D eigenvalue weighted by Gasteiger charge is -2.65. The summed E-state index contributed by atoms with van der Waals surface area (Å²) in [5.41, 5.74) is 0.825. The fourth-order valence-corrected chi connectivity index (χ4v) is 8.95. The van der Waals surface area contributed by atoms with Gasteiger partial charge in [0.15, 0.2) is 17.3 Å². The molecule has 1 aromatic carbocycles. The molecule has 6 aliphatic carbocycles. The number of hydrogen-bond acceptors (Lipinski definition) is 5. The second-order valence-corrected chi connectivity index (χ2v) is 14.3. The molecule has 1 amide bonds. The van der Waals surface area contributed by atoms with Gasteiger partial charge in [0.1, 0.15) is 5.67 Å². The second kappa shape index (κ2) is 8.96. The van der Waals surface area contributed by atoms with E-state index < -0.39 is 16.9 Å². The number of pyridine rings is 1. The smallest absolute Gasteiger partial charge is 0.233 e. The number of nitrogens with zero attached hydrogens (tertiary/aromatic N) is 5. The van der Waals surface area contributed by atoms with Crippen LogP contribution in [0.25, 0.3) is 16.8 Å². The Bertz CT molecular complexity index is 1740. The van der Waals surface area contributed by atoms with E-state index in [0.717, 1.165) is 74.3 Å². The number of imidazole rings is 1. The van der Waals surface area contributed by atoms with Crippen molar-refractivity contribution >= 4 is 17.2 Å². The van der Waals surface area contributed by atoms with E-state index in [0.29, 0.717) is 49.1 Å². The zero-order chi connectivity index (χ0) is 29.0. The van der Waals surface area contributed by atoms with E-state index >= 15 is 0 Å². The van der Waals surface area contributed by atoms with Gasteiger partial charge in [-0.2, -0.15) is 4.98 Å². The lowest BCUT2D eigenvalue weighted by molar-refractivity contribution is -0.211. The first-order valence-electron chi connectivity index (χ1n) is 15.9. The maximum absolute atomic E-state index is 14.8. The largest absolute Gasteiger partial charge is 0.339 e. The fourth-order valence-electron chi connectivity index (χ4n) is 8.95. The number of halogens is 2. The van der Waals surface area contributed by atoms with Gasteiger partial charge in [0, 0.05) is 47.7 Å². The van der Waals surface area contributed by atoms with Gasteiger partial charge >= 0.3 is 0 Å². The Morgan fingerprint density at radius 2 is 1.95 bits per heavy atom. The molecule has 222 valence electrons. The molecule has 3 unspecified atom stereocenters. The van der Waals surface area contributed by atoms with Crippen LogP contribution in [0.1, 0.15) is 88.3 Å². The van der Waals surface area contributed by atoms with Crippen molar-refractivity contribution < 1.29 is 18.1 Å². The molecule has 9 heteroatoms. The maximum Gasteiger partial charge on any atom is 0.233 e. The summed E-state index contributed by atoms with van der Waals surface area (Å²) < 4.78 is 37.0. The van der Waals surface area contributed by atoms with E-state index in [1.807, 2.05) is 35.4 Å². The van der Waals surface area contributed by atoms with Gasteiger partial charge in [-0.25, -0.2) is 13.8 Å². The first kappa shape index (κ1) is 25.8. The summed E-state index contributed by atoms with van der Waals surface area (Å²) in [6.45, 7) is 0.607. The Kier molecular flexibility index (Phi) is 5.38. The van der Waals surface area contributed by atoms with Crippen molar-refractivity contribution in [3.05, 3.63) is 66.5 Å². The van der Waals surface area contributed by atoms with Crippen LogP contribution in [-0.2, 0) is 10.2 Å². The number of hydrogen-bond donors (Lipinski definition) is 0. The molecule has 3 atom stereocenters. The van der Waals surface area contributed by atoms with E-state index in [-0.39, 0.29) is 17.0 Å². The molecule has 6 saturated carbocycles.